The number of fused-ring (bicyclic) bond motifs is 2. The molecule has 6 nitrogen and oxygen atoms in total. The summed E-state index contributed by atoms with van der Waals surface area (Å²) >= 11 is 0. The van der Waals surface area contributed by atoms with E-state index < -0.39 is 5.97 Å². The van der Waals surface area contributed by atoms with Crippen LogP contribution in [0.25, 0.3) is 0 Å². The van der Waals surface area contributed by atoms with Crippen LogP contribution in [0.3, 0.4) is 0 Å². The number of morpholine rings is 1. The van der Waals surface area contributed by atoms with Crippen molar-refractivity contribution >= 4 is 11.8 Å². The second-order valence-corrected chi connectivity index (χ2v) is 4.39. The lowest BCUT2D eigenvalue weighted by molar-refractivity contribution is 0.0689. The summed E-state index contributed by atoms with van der Waals surface area (Å²) in [5.41, 5.74) is -0.0191. The Morgan fingerprint density at radius 1 is 1.29 bits per heavy atom. The van der Waals surface area contributed by atoms with Crippen LogP contribution in [-0.4, -0.2) is 46.3 Å². The maximum absolute atomic E-state index is 10.7. The van der Waals surface area contributed by atoms with Crippen LogP contribution < -0.4 is 4.90 Å². The van der Waals surface area contributed by atoms with E-state index in [2.05, 4.69) is 14.9 Å². The monoisotopic (exact) mass is 235 g/mol. The van der Waals surface area contributed by atoms with Crippen molar-refractivity contribution in [2.24, 2.45) is 0 Å². The van der Waals surface area contributed by atoms with Gasteiger partial charge in [-0.2, -0.15) is 0 Å². The summed E-state index contributed by atoms with van der Waals surface area (Å²) in [7, 11) is 0. The fourth-order valence-corrected chi connectivity index (χ4v) is 2.57. The molecule has 2 saturated heterocycles. The van der Waals surface area contributed by atoms with Crippen LogP contribution in [0.5, 0.6) is 0 Å². The Morgan fingerprint density at radius 3 is 2.53 bits per heavy atom. The molecule has 1 aromatic heterocycles. The van der Waals surface area contributed by atoms with Gasteiger partial charge in [-0.15, -0.1) is 0 Å². The van der Waals surface area contributed by atoms with E-state index in [0.29, 0.717) is 12.1 Å². The van der Waals surface area contributed by atoms with Crippen LogP contribution >= 0.6 is 0 Å². The highest BCUT2D eigenvalue weighted by Crippen LogP contribution is 2.32. The largest absolute Gasteiger partial charge is 0.476 e. The third-order valence-electron chi connectivity index (χ3n) is 3.36. The van der Waals surface area contributed by atoms with E-state index in [0.717, 1.165) is 31.9 Å². The predicted molar refractivity (Wildman–Crippen MR) is 59.1 cm³/mol. The second-order valence-electron chi connectivity index (χ2n) is 4.39. The molecule has 3 rings (SSSR count). The van der Waals surface area contributed by atoms with Crippen molar-refractivity contribution in [3.05, 3.63) is 18.1 Å². The predicted octanol–water partition coefficient (Wildman–Crippen LogP) is 0.542. The minimum Gasteiger partial charge on any atom is -0.476 e. The Hall–Kier alpha value is -1.69. The van der Waals surface area contributed by atoms with Crippen LogP contribution in [0, 0.1) is 0 Å². The second kappa shape index (κ2) is 3.96. The summed E-state index contributed by atoms with van der Waals surface area (Å²) in [4.78, 5) is 21.0. The topological polar surface area (TPSA) is 75.5 Å². The van der Waals surface area contributed by atoms with E-state index in [1.54, 1.807) is 6.20 Å². The van der Waals surface area contributed by atoms with Gasteiger partial charge in [-0.25, -0.2) is 14.8 Å². The van der Waals surface area contributed by atoms with Crippen LogP contribution in [0.1, 0.15) is 23.3 Å². The number of carbonyl (C=O) groups is 1. The van der Waals surface area contributed by atoms with Gasteiger partial charge in [0.15, 0.2) is 5.69 Å². The average Bonchev–Trinajstić information content (AvgIpc) is 2.59. The third kappa shape index (κ3) is 1.74. The zero-order chi connectivity index (χ0) is 11.8. The molecule has 1 aromatic rings. The number of carboxylic acids is 1. The Bertz CT molecular complexity index is 418. The molecule has 0 aliphatic carbocycles. The molecule has 2 unspecified atom stereocenters. The van der Waals surface area contributed by atoms with E-state index in [1.807, 2.05) is 0 Å². The van der Waals surface area contributed by atoms with E-state index >= 15 is 0 Å². The standard InChI is InChI=1S/C11H13N3O3/c15-11(16)9-3-13-10(4-12-9)14-7-1-2-8(14)6-17-5-7/h3-4,7-8H,1-2,5-6H2,(H,15,16). The summed E-state index contributed by atoms with van der Waals surface area (Å²) in [5.74, 6) is -0.292. The zero-order valence-electron chi connectivity index (χ0n) is 9.24. The Kier molecular flexibility index (Phi) is 2.44. The molecule has 90 valence electrons. The molecular weight excluding hydrogens is 222 g/mol. The number of hydrogen-bond acceptors (Lipinski definition) is 5. The highest BCUT2D eigenvalue weighted by molar-refractivity contribution is 5.84. The lowest BCUT2D eigenvalue weighted by Crippen LogP contribution is -2.46. The van der Waals surface area contributed by atoms with Crippen molar-refractivity contribution in [2.75, 3.05) is 18.1 Å². The van der Waals surface area contributed by atoms with E-state index in [1.165, 1.54) is 6.20 Å². The van der Waals surface area contributed by atoms with Gasteiger partial charge in [0.1, 0.15) is 5.82 Å². The number of nitrogens with zero attached hydrogens (tertiary/aromatic N) is 3. The molecule has 1 N–H and O–H groups in total. The van der Waals surface area contributed by atoms with Gasteiger partial charge in [0.2, 0.25) is 0 Å². The highest BCUT2D eigenvalue weighted by Gasteiger charge is 2.38. The third-order valence-corrected chi connectivity index (χ3v) is 3.36. The number of rotatable bonds is 2. The number of anilines is 1. The Balaban J connectivity index is 1.86. The highest BCUT2D eigenvalue weighted by atomic mass is 16.5. The first-order chi connectivity index (χ1) is 8.25. The molecule has 0 amide bonds. The summed E-state index contributed by atoms with van der Waals surface area (Å²) < 4.78 is 5.49. The molecule has 3 heterocycles. The summed E-state index contributed by atoms with van der Waals surface area (Å²) in [5, 5.41) is 8.77. The van der Waals surface area contributed by atoms with Crippen molar-refractivity contribution in [1.29, 1.82) is 0 Å². The maximum atomic E-state index is 10.7. The first-order valence-electron chi connectivity index (χ1n) is 5.67. The first kappa shape index (κ1) is 10.5. The fourth-order valence-electron chi connectivity index (χ4n) is 2.57. The molecule has 0 saturated carbocycles. The van der Waals surface area contributed by atoms with Crippen molar-refractivity contribution in [3.8, 4) is 0 Å². The zero-order valence-corrected chi connectivity index (χ0v) is 9.24. The lowest BCUT2D eigenvalue weighted by atomic mass is 10.2. The maximum Gasteiger partial charge on any atom is 0.356 e. The minimum atomic E-state index is -1.05. The van der Waals surface area contributed by atoms with Crippen molar-refractivity contribution < 1.29 is 14.6 Å². The molecule has 0 aromatic carbocycles. The van der Waals surface area contributed by atoms with Gasteiger partial charge < -0.3 is 14.7 Å². The van der Waals surface area contributed by atoms with Gasteiger partial charge in [0.25, 0.3) is 0 Å². The van der Waals surface area contributed by atoms with Crippen molar-refractivity contribution in [3.63, 3.8) is 0 Å². The molecule has 6 heteroatoms. The van der Waals surface area contributed by atoms with Crippen LogP contribution in [-0.2, 0) is 4.74 Å². The molecule has 2 aliphatic rings. The summed E-state index contributed by atoms with van der Waals surface area (Å²) in [6.07, 6.45) is 5.06. The normalized spacial score (nSPS) is 27.2. The SMILES string of the molecule is O=C(O)c1cnc(N2C3CCC2COC3)cn1. The molecule has 2 bridgehead atoms. The van der Waals surface area contributed by atoms with Gasteiger partial charge in [-0.3, -0.25) is 0 Å². The first-order valence-corrected chi connectivity index (χ1v) is 5.67. The molecule has 17 heavy (non-hydrogen) atoms. The minimum absolute atomic E-state index is 0.0191. The molecule has 2 atom stereocenters. The quantitative estimate of drug-likeness (QED) is 0.806. The molecule has 0 radical (unpaired) electrons. The van der Waals surface area contributed by atoms with E-state index in [4.69, 9.17) is 9.84 Å². The Labute approximate surface area is 98.2 Å². The molecule has 0 spiro atoms. The Morgan fingerprint density at radius 2 is 2.00 bits per heavy atom. The van der Waals surface area contributed by atoms with Gasteiger partial charge in [0.05, 0.1) is 37.7 Å². The van der Waals surface area contributed by atoms with Gasteiger partial charge in [0, 0.05) is 0 Å². The number of aromatic carboxylic acids is 1. The van der Waals surface area contributed by atoms with Crippen LogP contribution in [0.4, 0.5) is 5.82 Å². The molecular formula is C11H13N3O3. The van der Waals surface area contributed by atoms with Gasteiger partial charge in [-0.1, -0.05) is 0 Å². The smallest absolute Gasteiger partial charge is 0.356 e. The van der Waals surface area contributed by atoms with Crippen molar-refractivity contribution in [1.82, 2.24) is 9.97 Å². The average molecular weight is 235 g/mol. The molecule has 2 fully saturated rings. The number of aromatic nitrogens is 2. The fraction of sp³-hybridized carbons (Fsp3) is 0.545. The van der Waals surface area contributed by atoms with Crippen LogP contribution in [0.2, 0.25) is 0 Å². The van der Waals surface area contributed by atoms with Crippen LogP contribution in [0.15, 0.2) is 12.4 Å². The van der Waals surface area contributed by atoms with Gasteiger partial charge in [-0.05, 0) is 12.8 Å². The number of ether oxygens (including phenoxy) is 1. The summed E-state index contributed by atoms with van der Waals surface area (Å²) in [6, 6.07) is 0.720. The lowest BCUT2D eigenvalue weighted by Gasteiger charge is -2.35. The van der Waals surface area contributed by atoms with E-state index in [9.17, 15) is 4.79 Å². The van der Waals surface area contributed by atoms with E-state index in [-0.39, 0.29) is 5.69 Å². The number of carboxylic acid groups (broad SMARTS) is 1. The summed E-state index contributed by atoms with van der Waals surface area (Å²) in [6.45, 7) is 1.44. The molecule has 2 aliphatic heterocycles. The van der Waals surface area contributed by atoms with Gasteiger partial charge >= 0.3 is 5.97 Å². The van der Waals surface area contributed by atoms with Crippen molar-refractivity contribution in [2.45, 2.75) is 24.9 Å². The number of hydrogen-bond donors (Lipinski definition) is 1.